The van der Waals surface area contributed by atoms with E-state index < -0.39 is 0 Å². The van der Waals surface area contributed by atoms with Gasteiger partial charge in [-0.05, 0) is 31.4 Å². The SMILES string of the molecule is Cc1nc(SC(C)C(=O)Nc2ccccc2C(C)C)sc1CC(N)=O. The molecule has 0 fully saturated rings. The zero-order chi connectivity index (χ0) is 18.6. The number of primary amides is 1. The maximum absolute atomic E-state index is 12.5. The largest absolute Gasteiger partial charge is 0.369 e. The van der Waals surface area contributed by atoms with Crippen LogP contribution in [0.15, 0.2) is 28.6 Å². The van der Waals surface area contributed by atoms with E-state index in [0.717, 1.165) is 26.2 Å². The Morgan fingerprint density at radius 2 is 1.96 bits per heavy atom. The minimum atomic E-state index is -0.376. The number of aromatic nitrogens is 1. The van der Waals surface area contributed by atoms with Gasteiger partial charge in [-0.25, -0.2) is 4.98 Å². The summed E-state index contributed by atoms with van der Waals surface area (Å²) in [5.41, 5.74) is 8.00. The number of carbonyl (C=O) groups is 2. The minimum Gasteiger partial charge on any atom is -0.369 e. The molecule has 134 valence electrons. The number of nitrogens with two attached hydrogens (primary N) is 1. The van der Waals surface area contributed by atoms with Crippen LogP contribution in [-0.4, -0.2) is 22.0 Å². The first kappa shape index (κ1) is 19.5. The van der Waals surface area contributed by atoms with Crippen LogP contribution >= 0.6 is 23.1 Å². The van der Waals surface area contributed by atoms with Crippen LogP contribution in [0.5, 0.6) is 0 Å². The van der Waals surface area contributed by atoms with E-state index in [1.807, 2.05) is 38.1 Å². The van der Waals surface area contributed by atoms with Crippen molar-refractivity contribution in [2.45, 2.75) is 49.6 Å². The molecular weight excluding hydrogens is 354 g/mol. The molecule has 0 aliphatic carbocycles. The topological polar surface area (TPSA) is 85.1 Å². The third-order valence-corrected chi connectivity index (χ3v) is 6.05. The first-order valence-corrected chi connectivity index (χ1v) is 9.78. The highest BCUT2D eigenvalue weighted by atomic mass is 32.2. The van der Waals surface area contributed by atoms with E-state index >= 15 is 0 Å². The Bertz CT molecular complexity index is 771. The molecule has 0 saturated carbocycles. The fraction of sp³-hybridized carbons (Fsp3) is 0.389. The fourth-order valence-electron chi connectivity index (χ4n) is 2.33. The molecule has 7 heteroatoms. The molecule has 2 rings (SSSR count). The lowest BCUT2D eigenvalue weighted by Crippen LogP contribution is -2.23. The number of hydrogen-bond acceptors (Lipinski definition) is 5. The van der Waals surface area contributed by atoms with Crippen molar-refractivity contribution in [3.63, 3.8) is 0 Å². The summed E-state index contributed by atoms with van der Waals surface area (Å²) in [6, 6.07) is 7.84. The summed E-state index contributed by atoms with van der Waals surface area (Å²) < 4.78 is 0.772. The number of thiazole rings is 1. The molecule has 0 spiro atoms. The number of benzene rings is 1. The predicted octanol–water partition coefficient (Wildman–Crippen LogP) is 3.72. The van der Waals surface area contributed by atoms with Crippen molar-refractivity contribution < 1.29 is 9.59 Å². The Morgan fingerprint density at radius 1 is 1.28 bits per heavy atom. The van der Waals surface area contributed by atoms with Crippen LogP contribution in [0.25, 0.3) is 0 Å². The van der Waals surface area contributed by atoms with Crippen molar-refractivity contribution in [1.29, 1.82) is 0 Å². The summed E-state index contributed by atoms with van der Waals surface area (Å²) in [4.78, 5) is 28.9. The quantitative estimate of drug-likeness (QED) is 0.720. The Morgan fingerprint density at radius 3 is 2.60 bits per heavy atom. The van der Waals surface area contributed by atoms with Gasteiger partial charge in [0.15, 0.2) is 4.34 Å². The second kappa shape index (κ2) is 8.49. The number of thioether (sulfide) groups is 1. The molecule has 3 N–H and O–H groups in total. The number of aryl methyl sites for hydroxylation is 1. The van der Waals surface area contributed by atoms with E-state index in [-0.39, 0.29) is 23.5 Å². The molecule has 0 saturated heterocycles. The summed E-state index contributed by atoms with van der Waals surface area (Å²) >= 11 is 2.81. The monoisotopic (exact) mass is 377 g/mol. The van der Waals surface area contributed by atoms with Crippen LogP contribution < -0.4 is 11.1 Å². The number of amides is 2. The zero-order valence-corrected chi connectivity index (χ0v) is 16.5. The summed E-state index contributed by atoms with van der Waals surface area (Å²) in [5.74, 6) is -0.112. The molecule has 1 aromatic heterocycles. The van der Waals surface area contributed by atoms with Gasteiger partial charge in [-0.3, -0.25) is 9.59 Å². The highest BCUT2D eigenvalue weighted by molar-refractivity contribution is 8.02. The Hall–Kier alpha value is -1.86. The van der Waals surface area contributed by atoms with Crippen molar-refractivity contribution in [2.24, 2.45) is 5.73 Å². The van der Waals surface area contributed by atoms with Gasteiger partial charge in [0.25, 0.3) is 0 Å². The average molecular weight is 378 g/mol. The Kier molecular flexibility index (Phi) is 6.61. The van der Waals surface area contributed by atoms with Crippen molar-refractivity contribution >= 4 is 40.6 Å². The Labute approximate surface area is 156 Å². The van der Waals surface area contributed by atoms with Crippen molar-refractivity contribution in [2.75, 3.05) is 5.32 Å². The molecule has 0 bridgehead atoms. The van der Waals surface area contributed by atoms with Gasteiger partial charge in [-0.1, -0.05) is 43.8 Å². The molecule has 25 heavy (non-hydrogen) atoms. The van der Waals surface area contributed by atoms with Gasteiger partial charge in [0.1, 0.15) is 0 Å². The van der Waals surface area contributed by atoms with Gasteiger partial charge in [0, 0.05) is 10.6 Å². The highest BCUT2D eigenvalue weighted by Gasteiger charge is 2.19. The van der Waals surface area contributed by atoms with Crippen molar-refractivity contribution in [3.05, 3.63) is 40.4 Å². The lowest BCUT2D eigenvalue weighted by atomic mass is 10.0. The number of nitrogens with zero attached hydrogens (tertiary/aromatic N) is 1. The van der Waals surface area contributed by atoms with Crippen LogP contribution in [0.4, 0.5) is 5.69 Å². The molecule has 2 aromatic rings. The van der Waals surface area contributed by atoms with Crippen molar-refractivity contribution in [3.8, 4) is 0 Å². The van der Waals surface area contributed by atoms with E-state index in [0.29, 0.717) is 5.92 Å². The third-order valence-electron chi connectivity index (χ3n) is 3.70. The average Bonchev–Trinajstić information content (AvgIpc) is 2.86. The second-order valence-corrected chi connectivity index (χ2v) is 8.79. The van der Waals surface area contributed by atoms with Crippen LogP contribution in [0, 0.1) is 6.92 Å². The maximum atomic E-state index is 12.5. The smallest absolute Gasteiger partial charge is 0.237 e. The molecule has 2 amide bonds. The standard InChI is InChI=1S/C18H23N3O2S2/c1-10(2)13-7-5-6-8-14(13)21-17(23)12(4)24-18-20-11(3)15(25-18)9-16(19)22/h5-8,10,12H,9H2,1-4H3,(H2,19,22)(H,21,23). The van der Waals surface area contributed by atoms with Gasteiger partial charge >= 0.3 is 0 Å². The number of hydrogen-bond donors (Lipinski definition) is 2. The van der Waals surface area contributed by atoms with E-state index in [9.17, 15) is 9.59 Å². The number of para-hydroxylation sites is 1. The predicted molar refractivity (Wildman–Crippen MR) is 104 cm³/mol. The van der Waals surface area contributed by atoms with E-state index in [2.05, 4.69) is 24.1 Å². The normalized spacial score (nSPS) is 12.2. The van der Waals surface area contributed by atoms with Crippen LogP contribution in [-0.2, 0) is 16.0 Å². The van der Waals surface area contributed by atoms with Gasteiger partial charge in [0.05, 0.1) is 17.4 Å². The third kappa shape index (κ3) is 5.31. The summed E-state index contributed by atoms with van der Waals surface area (Å²) in [7, 11) is 0. The minimum absolute atomic E-state index is 0.0672. The number of nitrogens with one attached hydrogen (secondary N) is 1. The Balaban J connectivity index is 2.05. The van der Waals surface area contributed by atoms with Gasteiger partial charge in [0.2, 0.25) is 11.8 Å². The lowest BCUT2D eigenvalue weighted by molar-refractivity contribution is -0.117. The number of carbonyl (C=O) groups excluding carboxylic acids is 2. The molecule has 1 aromatic carbocycles. The molecule has 0 aliphatic rings. The molecule has 1 atom stereocenters. The van der Waals surface area contributed by atoms with E-state index in [4.69, 9.17) is 5.73 Å². The number of rotatable bonds is 7. The van der Waals surface area contributed by atoms with Crippen molar-refractivity contribution in [1.82, 2.24) is 4.98 Å². The first-order valence-electron chi connectivity index (χ1n) is 8.09. The highest BCUT2D eigenvalue weighted by Crippen LogP contribution is 2.31. The molecular formula is C18H23N3O2S2. The second-order valence-electron chi connectivity index (χ2n) is 6.12. The van der Waals surface area contributed by atoms with Gasteiger partial charge in [-0.15, -0.1) is 11.3 Å². The van der Waals surface area contributed by atoms with E-state index in [1.54, 1.807) is 0 Å². The molecule has 1 unspecified atom stereocenters. The van der Waals surface area contributed by atoms with Crippen LogP contribution in [0.1, 0.15) is 42.8 Å². The fourth-order valence-corrected chi connectivity index (χ4v) is 4.71. The van der Waals surface area contributed by atoms with Crippen LogP contribution in [0.2, 0.25) is 0 Å². The van der Waals surface area contributed by atoms with E-state index in [1.165, 1.54) is 23.1 Å². The number of anilines is 1. The summed E-state index contributed by atoms with van der Waals surface area (Å²) in [6.07, 6.45) is 0.187. The maximum Gasteiger partial charge on any atom is 0.237 e. The zero-order valence-electron chi connectivity index (χ0n) is 14.8. The summed E-state index contributed by atoms with van der Waals surface area (Å²) in [6.45, 7) is 7.90. The first-order chi connectivity index (χ1) is 11.8. The molecule has 1 heterocycles. The summed E-state index contributed by atoms with van der Waals surface area (Å²) in [5, 5.41) is 2.71. The molecule has 0 aliphatic heterocycles. The van der Waals surface area contributed by atoms with Crippen LogP contribution in [0.3, 0.4) is 0 Å². The molecule has 5 nitrogen and oxygen atoms in total. The van der Waals surface area contributed by atoms with Gasteiger partial charge in [-0.2, -0.15) is 0 Å². The van der Waals surface area contributed by atoms with Gasteiger partial charge < -0.3 is 11.1 Å². The lowest BCUT2D eigenvalue weighted by Gasteiger charge is -2.15. The molecule has 0 radical (unpaired) electrons.